The zero-order valence-corrected chi connectivity index (χ0v) is 11.6. The van der Waals surface area contributed by atoms with Gasteiger partial charge in [0, 0.05) is 19.1 Å². The largest absolute Gasteiger partial charge is 0.396 e. The van der Waals surface area contributed by atoms with E-state index in [4.69, 9.17) is 4.74 Å². The second-order valence-electron chi connectivity index (χ2n) is 6.28. The van der Waals surface area contributed by atoms with Crippen LogP contribution in [0.3, 0.4) is 0 Å². The Morgan fingerprint density at radius 1 is 1.37 bits per heavy atom. The van der Waals surface area contributed by atoms with Gasteiger partial charge in [-0.1, -0.05) is 29.8 Å². The van der Waals surface area contributed by atoms with Gasteiger partial charge in [-0.2, -0.15) is 0 Å². The number of nitrogens with zero attached hydrogens (tertiary/aromatic N) is 1. The fourth-order valence-corrected chi connectivity index (χ4v) is 2.85. The molecule has 1 N–H and O–H groups in total. The van der Waals surface area contributed by atoms with Crippen molar-refractivity contribution in [3.8, 4) is 0 Å². The maximum atomic E-state index is 9.59. The summed E-state index contributed by atoms with van der Waals surface area (Å²) in [5.74, 6) is 0. The monoisotopic (exact) mass is 261 g/mol. The molecule has 0 aromatic heterocycles. The van der Waals surface area contributed by atoms with Crippen LogP contribution in [0, 0.1) is 12.3 Å². The molecule has 1 aromatic carbocycles. The number of aryl methyl sites for hydroxylation is 1. The summed E-state index contributed by atoms with van der Waals surface area (Å²) in [7, 11) is 0. The van der Waals surface area contributed by atoms with E-state index in [1.807, 2.05) is 0 Å². The molecular formula is C16H23NO2. The van der Waals surface area contributed by atoms with Gasteiger partial charge in [0.25, 0.3) is 0 Å². The van der Waals surface area contributed by atoms with Crippen molar-refractivity contribution in [1.29, 1.82) is 0 Å². The Bertz CT molecular complexity index is 433. The summed E-state index contributed by atoms with van der Waals surface area (Å²) in [6.07, 6.45) is 2.60. The second kappa shape index (κ2) is 5.23. The molecule has 0 spiro atoms. The van der Waals surface area contributed by atoms with Crippen LogP contribution in [0.1, 0.15) is 24.0 Å². The first-order valence-corrected chi connectivity index (χ1v) is 7.19. The summed E-state index contributed by atoms with van der Waals surface area (Å²) in [5.41, 5.74) is 2.68. The molecular weight excluding hydrogens is 238 g/mol. The third-order valence-corrected chi connectivity index (χ3v) is 4.22. The fourth-order valence-electron chi connectivity index (χ4n) is 2.85. The molecule has 1 aliphatic carbocycles. The Hall–Kier alpha value is -0.900. The van der Waals surface area contributed by atoms with E-state index in [9.17, 15) is 5.11 Å². The van der Waals surface area contributed by atoms with Gasteiger partial charge in [0.2, 0.25) is 0 Å². The Morgan fingerprint density at radius 3 is 2.68 bits per heavy atom. The van der Waals surface area contributed by atoms with Gasteiger partial charge in [0.1, 0.15) is 0 Å². The lowest BCUT2D eigenvalue weighted by Gasteiger charge is -2.43. The molecule has 19 heavy (non-hydrogen) atoms. The quantitative estimate of drug-likeness (QED) is 0.850. The average molecular weight is 261 g/mol. The van der Waals surface area contributed by atoms with E-state index < -0.39 is 0 Å². The van der Waals surface area contributed by atoms with Gasteiger partial charge in [-0.3, -0.25) is 4.90 Å². The molecule has 1 saturated carbocycles. The van der Waals surface area contributed by atoms with Gasteiger partial charge >= 0.3 is 0 Å². The van der Waals surface area contributed by atoms with Crippen LogP contribution in [-0.2, 0) is 11.3 Å². The molecule has 0 amide bonds. The summed E-state index contributed by atoms with van der Waals surface area (Å²) in [6.45, 7) is 5.75. The van der Waals surface area contributed by atoms with Crippen LogP contribution in [0.4, 0.5) is 0 Å². The number of hydrogen-bond donors (Lipinski definition) is 1. The molecule has 0 radical (unpaired) electrons. The molecule has 0 unspecified atom stereocenters. The minimum Gasteiger partial charge on any atom is -0.396 e. The predicted octanol–water partition coefficient (Wildman–Crippen LogP) is 1.97. The molecule has 2 aliphatic rings. The topological polar surface area (TPSA) is 32.7 Å². The van der Waals surface area contributed by atoms with E-state index in [1.54, 1.807) is 0 Å². The van der Waals surface area contributed by atoms with Gasteiger partial charge in [0.15, 0.2) is 0 Å². The molecule has 0 atom stereocenters. The van der Waals surface area contributed by atoms with Crippen molar-refractivity contribution >= 4 is 0 Å². The molecule has 3 rings (SSSR count). The van der Waals surface area contributed by atoms with E-state index in [0.29, 0.717) is 19.3 Å². The third-order valence-electron chi connectivity index (χ3n) is 4.22. The van der Waals surface area contributed by atoms with Gasteiger partial charge in [-0.25, -0.2) is 0 Å². The summed E-state index contributed by atoms with van der Waals surface area (Å²) < 4.78 is 5.31. The summed E-state index contributed by atoms with van der Waals surface area (Å²) in [4.78, 5) is 2.54. The number of rotatable bonds is 6. The van der Waals surface area contributed by atoms with Crippen molar-refractivity contribution < 1.29 is 9.84 Å². The zero-order chi connectivity index (χ0) is 13.3. The summed E-state index contributed by atoms with van der Waals surface area (Å²) in [6, 6.07) is 9.44. The second-order valence-corrected chi connectivity index (χ2v) is 6.28. The Kier molecular flexibility index (Phi) is 3.61. The van der Waals surface area contributed by atoms with Crippen molar-refractivity contribution in [3.05, 3.63) is 35.4 Å². The number of benzene rings is 1. The Balaban J connectivity index is 1.67. The van der Waals surface area contributed by atoms with Gasteiger partial charge in [0.05, 0.1) is 25.2 Å². The highest BCUT2D eigenvalue weighted by molar-refractivity contribution is 5.22. The van der Waals surface area contributed by atoms with Crippen LogP contribution in [0.5, 0.6) is 0 Å². The number of aliphatic hydroxyl groups is 1. The molecule has 1 aromatic rings. The van der Waals surface area contributed by atoms with Crippen LogP contribution in [0.2, 0.25) is 0 Å². The standard InChI is InChI=1S/C16H23NO2/c1-13-3-2-4-14(7-13)8-17(15-5-6-15)9-16(10-18)11-19-12-16/h2-4,7,15,18H,5-6,8-12H2,1H3. The molecule has 3 nitrogen and oxygen atoms in total. The van der Waals surface area contributed by atoms with Crippen LogP contribution < -0.4 is 0 Å². The molecule has 104 valence electrons. The van der Waals surface area contributed by atoms with E-state index in [1.165, 1.54) is 24.0 Å². The Morgan fingerprint density at radius 2 is 2.16 bits per heavy atom. The minimum absolute atomic E-state index is 0.00752. The highest BCUT2D eigenvalue weighted by Gasteiger charge is 2.42. The fraction of sp³-hybridized carbons (Fsp3) is 0.625. The predicted molar refractivity (Wildman–Crippen MR) is 74.9 cm³/mol. The van der Waals surface area contributed by atoms with Gasteiger partial charge in [-0.05, 0) is 25.3 Å². The first-order valence-electron chi connectivity index (χ1n) is 7.19. The SMILES string of the molecule is Cc1cccc(CN(CC2(CO)COC2)C2CC2)c1. The number of aliphatic hydroxyl groups excluding tert-OH is 1. The maximum Gasteiger partial charge on any atom is 0.0579 e. The summed E-state index contributed by atoms with van der Waals surface area (Å²) in [5, 5.41) is 9.59. The molecule has 3 heteroatoms. The molecule has 1 saturated heterocycles. The van der Waals surface area contributed by atoms with Crippen LogP contribution in [0.25, 0.3) is 0 Å². The first-order chi connectivity index (χ1) is 9.21. The van der Waals surface area contributed by atoms with Crippen LogP contribution in [0.15, 0.2) is 24.3 Å². The van der Waals surface area contributed by atoms with Crippen molar-refractivity contribution in [2.24, 2.45) is 5.41 Å². The van der Waals surface area contributed by atoms with Crippen molar-refractivity contribution in [3.63, 3.8) is 0 Å². The lowest BCUT2D eigenvalue weighted by molar-refractivity contribution is -0.150. The number of ether oxygens (including phenoxy) is 1. The highest BCUT2D eigenvalue weighted by atomic mass is 16.5. The van der Waals surface area contributed by atoms with Gasteiger partial charge in [-0.15, -0.1) is 0 Å². The van der Waals surface area contributed by atoms with Crippen molar-refractivity contribution in [1.82, 2.24) is 4.90 Å². The first kappa shape index (κ1) is 13.1. The molecule has 0 bridgehead atoms. The minimum atomic E-state index is -0.00752. The van der Waals surface area contributed by atoms with E-state index in [-0.39, 0.29) is 12.0 Å². The molecule has 1 heterocycles. The van der Waals surface area contributed by atoms with Crippen molar-refractivity contribution in [2.75, 3.05) is 26.4 Å². The third kappa shape index (κ3) is 2.99. The highest BCUT2D eigenvalue weighted by Crippen LogP contribution is 2.35. The van der Waals surface area contributed by atoms with Gasteiger partial charge < -0.3 is 9.84 Å². The number of hydrogen-bond acceptors (Lipinski definition) is 3. The summed E-state index contributed by atoms with van der Waals surface area (Å²) >= 11 is 0. The molecule has 1 aliphatic heterocycles. The van der Waals surface area contributed by atoms with Crippen LogP contribution >= 0.6 is 0 Å². The average Bonchev–Trinajstić information content (AvgIpc) is 3.16. The van der Waals surface area contributed by atoms with Crippen molar-refractivity contribution in [2.45, 2.75) is 32.4 Å². The maximum absolute atomic E-state index is 9.59. The van der Waals surface area contributed by atoms with Crippen LogP contribution in [-0.4, -0.2) is 42.4 Å². The molecule has 2 fully saturated rings. The smallest absolute Gasteiger partial charge is 0.0579 e. The normalized spacial score (nSPS) is 21.4. The van der Waals surface area contributed by atoms with E-state index >= 15 is 0 Å². The zero-order valence-electron chi connectivity index (χ0n) is 11.6. The lowest BCUT2D eigenvalue weighted by Crippen LogP contribution is -2.53. The van der Waals surface area contributed by atoms with E-state index in [0.717, 1.165) is 13.1 Å². The Labute approximate surface area is 115 Å². The van der Waals surface area contributed by atoms with E-state index in [2.05, 4.69) is 36.1 Å². The lowest BCUT2D eigenvalue weighted by atomic mass is 9.86.